The highest BCUT2D eigenvalue weighted by molar-refractivity contribution is 9.10. The van der Waals surface area contributed by atoms with Gasteiger partial charge in [-0.2, -0.15) is 0 Å². The molecule has 176 valence electrons. The number of carbonyl (C=O) groups is 3. The fourth-order valence-corrected chi connectivity index (χ4v) is 3.36. The molecule has 2 N–H and O–H groups in total. The molecule has 0 aliphatic rings. The molecule has 3 aromatic rings. The van der Waals surface area contributed by atoms with Crippen LogP contribution in [0.2, 0.25) is 0 Å². The van der Waals surface area contributed by atoms with Crippen molar-refractivity contribution >= 4 is 39.6 Å². The number of anilines is 1. The van der Waals surface area contributed by atoms with Crippen LogP contribution in [0.5, 0.6) is 5.75 Å². The van der Waals surface area contributed by atoms with Gasteiger partial charge in [0, 0.05) is 28.7 Å². The lowest BCUT2D eigenvalue weighted by Crippen LogP contribution is -2.22. The van der Waals surface area contributed by atoms with E-state index < -0.39 is 6.16 Å². The Hall–Kier alpha value is -3.65. The second-order valence-electron chi connectivity index (χ2n) is 7.37. The number of hydrogen-bond donors (Lipinski definition) is 2. The lowest BCUT2D eigenvalue weighted by atomic mass is 10.1. The number of hydrogen-bond acceptors (Lipinski definition) is 5. The highest BCUT2D eigenvalue weighted by atomic mass is 79.9. The lowest BCUT2D eigenvalue weighted by Gasteiger charge is -2.09. The van der Waals surface area contributed by atoms with E-state index in [1.807, 2.05) is 48.5 Å². The molecule has 0 fully saturated rings. The summed E-state index contributed by atoms with van der Waals surface area (Å²) in [5.74, 6) is -0.0561. The van der Waals surface area contributed by atoms with Gasteiger partial charge in [0.15, 0.2) is 0 Å². The molecule has 0 unspecified atom stereocenters. The molecule has 0 saturated carbocycles. The third kappa shape index (κ3) is 8.04. The van der Waals surface area contributed by atoms with Gasteiger partial charge in [-0.15, -0.1) is 0 Å². The van der Waals surface area contributed by atoms with Crippen molar-refractivity contribution in [1.82, 2.24) is 5.32 Å². The van der Waals surface area contributed by atoms with E-state index in [2.05, 4.69) is 26.6 Å². The maximum Gasteiger partial charge on any atom is 0.513 e. The Morgan fingerprint density at radius 1 is 0.912 bits per heavy atom. The molecule has 2 amide bonds. The van der Waals surface area contributed by atoms with Crippen molar-refractivity contribution in [3.05, 3.63) is 94.0 Å². The number of amides is 2. The summed E-state index contributed by atoms with van der Waals surface area (Å²) in [6, 6.07) is 21.4. The average Bonchev–Trinajstić information content (AvgIpc) is 2.83. The number of benzene rings is 3. The normalized spacial score (nSPS) is 10.3. The van der Waals surface area contributed by atoms with Gasteiger partial charge in [-0.05, 0) is 73.0 Å². The van der Waals surface area contributed by atoms with Crippen LogP contribution in [0, 0.1) is 0 Å². The van der Waals surface area contributed by atoms with Gasteiger partial charge in [0.25, 0.3) is 5.91 Å². The van der Waals surface area contributed by atoms with Crippen molar-refractivity contribution in [1.29, 1.82) is 0 Å². The van der Waals surface area contributed by atoms with Gasteiger partial charge in [0.2, 0.25) is 5.91 Å². The molecule has 0 bridgehead atoms. The molecular formula is C26H25BrN2O5. The van der Waals surface area contributed by atoms with Gasteiger partial charge in [-0.25, -0.2) is 4.79 Å². The van der Waals surface area contributed by atoms with Crippen LogP contribution in [-0.4, -0.2) is 24.6 Å². The molecule has 3 rings (SSSR count). The molecule has 0 radical (unpaired) electrons. The summed E-state index contributed by atoms with van der Waals surface area (Å²) in [7, 11) is 0. The van der Waals surface area contributed by atoms with Crippen molar-refractivity contribution in [2.45, 2.75) is 26.3 Å². The molecule has 7 nitrogen and oxygen atoms in total. The van der Waals surface area contributed by atoms with Crippen LogP contribution >= 0.6 is 15.9 Å². The molecule has 0 atom stereocenters. The molecule has 8 heteroatoms. The van der Waals surface area contributed by atoms with E-state index in [0.29, 0.717) is 36.4 Å². The number of carbonyl (C=O) groups excluding carboxylic acids is 3. The quantitative estimate of drug-likeness (QED) is 0.285. The first-order chi connectivity index (χ1) is 16.4. The lowest BCUT2D eigenvalue weighted by molar-refractivity contribution is -0.116. The molecule has 0 saturated heterocycles. The first-order valence-corrected chi connectivity index (χ1v) is 11.6. The van der Waals surface area contributed by atoms with Gasteiger partial charge in [0.1, 0.15) is 5.75 Å². The number of rotatable bonds is 9. The van der Waals surface area contributed by atoms with Crippen molar-refractivity contribution in [3.8, 4) is 5.75 Å². The Morgan fingerprint density at radius 3 is 2.35 bits per heavy atom. The second-order valence-corrected chi connectivity index (χ2v) is 8.28. The van der Waals surface area contributed by atoms with E-state index >= 15 is 0 Å². The third-order valence-corrected chi connectivity index (χ3v) is 5.33. The molecule has 0 aliphatic heterocycles. The largest absolute Gasteiger partial charge is 0.513 e. The summed E-state index contributed by atoms with van der Waals surface area (Å²) >= 11 is 3.40. The van der Waals surface area contributed by atoms with Crippen LogP contribution in [0.1, 0.15) is 34.8 Å². The average molecular weight is 525 g/mol. The Kier molecular flexibility index (Phi) is 9.22. The Balaban J connectivity index is 1.48. The first-order valence-electron chi connectivity index (χ1n) is 10.8. The van der Waals surface area contributed by atoms with Crippen LogP contribution in [0.4, 0.5) is 10.5 Å². The number of nitrogens with one attached hydrogen (secondary N) is 2. The minimum absolute atomic E-state index is 0.0748. The molecular weight excluding hydrogens is 500 g/mol. The van der Waals surface area contributed by atoms with Crippen LogP contribution in [-0.2, 0) is 22.5 Å². The smallest absolute Gasteiger partial charge is 0.434 e. The topological polar surface area (TPSA) is 93.7 Å². The maximum absolute atomic E-state index is 12.4. The van der Waals surface area contributed by atoms with Crippen molar-refractivity contribution < 1.29 is 23.9 Å². The molecule has 34 heavy (non-hydrogen) atoms. The van der Waals surface area contributed by atoms with Crippen LogP contribution in [0.25, 0.3) is 0 Å². The summed E-state index contributed by atoms with van der Waals surface area (Å²) in [6.07, 6.45) is 0.233. The van der Waals surface area contributed by atoms with Gasteiger partial charge in [-0.3, -0.25) is 9.59 Å². The van der Waals surface area contributed by atoms with Gasteiger partial charge in [-0.1, -0.05) is 40.2 Å². The van der Waals surface area contributed by atoms with Crippen LogP contribution in [0.15, 0.2) is 77.3 Å². The third-order valence-electron chi connectivity index (χ3n) is 4.80. The van der Waals surface area contributed by atoms with E-state index in [4.69, 9.17) is 9.47 Å². The zero-order valence-corrected chi connectivity index (χ0v) is 20.3. The van der Waals surface area contributed by atoms with E-state index in [1.54, 1.807) is 19.1 Å². The van der Waals surface area contributed by atoms with Crippen LogP contribution < -0.4 is 15.4 Å². The molecule has 0 spiro atoms. The minimum Gasteiger partial charge on any atom is -0.434 e. The zero-order chi connectivity index (χ0) is 24.3. The summed E-state index contributed by atoms with van der Waals surface area (Å²) in [4.78, 5) is 36.1. The predicted molar refractivity (Wildman–Crippen MR) is 133 cm³/mol. The minimum atomic E-state index is -0.792. The summed E-state index contributed by atoms with van der Waals surface area (Å²) in [6.45, 7) is 2.20. The standard InChI is InChI=1S/C26H25BrN2O5/c1-2-33-26(32)34-23-13-9-20(10-14-23)25(31)28-17-19-4-3-5-22(16-19)29-24(30)15-8-18-6-11-21(27)12-7-18/h3-7,9-14,16H,2,8,15,17H2,1H3,(H,28,31)(H,29,30). The highest BCUT2D eigenvalue weighted by Gasteiger charge is 2.09. The summed E-state index contributed by atoms with van der Waals surface area (Å²) in [5, 5.41) is 5.74. The van der Waals surface area contributed by atoms with Gasteiger partial charge in [0.05, 0.1) is 6.61 Å². The van der Waals surface area contributed by atoms with E-state index in [9.17, 15) is 14.4 Å². The Bertz CT molecular complexity index is 1130. The highest BCUT2D eigenvalue weighted by Crippen LogP contribution is 2.15. The molecule has 0 aromatic heterocycles. The van der Waals surface area contributed by atoms with E-state index in [1.165, 1.54) is 12.1 Å². The molecule has 0 aliphatic carbocycles. The summed E-state index contributed by atoms with van der Waals surface area (Å²) < 4.78 is 10.7. The van der Waals surface area contributed by atoms with Crippen molar-refractivity contribution in [2.75, 3.05) is 11.9 Å². The second kappa shape index (κ2) is 12.6. The van der Waals surface area contributed by atoms with Crippen LogP contribution in [0.3, 0.4) is 0 Å². The van der Waals surface area contributed by atoms with Crippen molar-refractivity contribution in [3.63, 3.8) is 0 Å². The van der Waals surface area contributed by atoms with Crippen molar-refractivity contribution in [2.24, 2.45) is 0 Å². The molecule has 3 aromatic carbocycles. The maximum atomic E-state index is 12.4. The fraction of sp³-hybridized carbons (Fsp3) is 0.192. The Labute approximate surface area is 206 Å². The number of aryl methyl sites for hydroxylation is 1. The number of halogens is 1. The Morgan fingerprint density at radius 2 is 1.65 bits per heavy atom. The SMILES string of the molecule is CCOC(=O)Oc1ccc(C(=O)NCc2cccc(NC(=O)CCc3ccc(Br)cc3)c2)cc1. The van der Waals surface area contributed by atoms with E-state index in [0.717, 1.165) is 15.6 Å². The molecule has 0 heterocycles. The predicted octanol–water partition coefficient (Wildman–Crippen LogP) is 5.49. The fourth-order valence-electron chi connectivity index (χ4n) is 3.09. The van der Waals surface area contributed by atoms with E-state index in [-0.39, 0.29) is 18.4 Å². The first kappa shape index (κ1) is 25.0. The monoisotopic (exact) mass is 524 g/mol. The van der Waals surface area contributed by atoms with Gasteiger partial charge >= 0.3 is 6.16 Å². The summed E-state index contributed by atoms with van der Waals surface area (Å²) in [5.41, 5.74) is 3.04. The number of ether oxygens (including phenoxy) is 2. The zero-order valence-electron chi connectivity index (χ0n) is 18.7. The van der Waals surface area contributed by atoms with Gasteiger partial charge < -0.3 is 20.1 Å².